The van der Waals surface area contributed by atoms with Gasteiger partial charge in [-0.1, -0.05) is 18.2 Å². The number of benzene rings is 2. The maximum atomic E-state index is 12.4. The van der Waals surface area contributed by atoms with E-state index in [-0.39, 0.29) is 23.5 Å². The van der Waals surface area contributed by atoms with Crippen molar-refractivity contribution >= 4 is 17.6 Å². The van der Waals surface area contributed by atoms with Crippen molar-refractivity contribution in [1.29, 1.82) is 0 Å². The SMILES string of the molecule is CC(C)(C)NC(=O)c1ccc(NC(=O)NC2CCOc3ccccc32)cc1. The van der Waals surface area contributed by atoms with E-state index in [9.17, 15) is 9.59 Å². The second kappa shape index (κ2) is 7.70. The Hall–Kier alpha value is -3.02. The number of hydrogen-bond acceptors (Lipinski definition) is 3. The fraction of sp³-hybridized carbons (Fsp3) is 0.333. The van der Waals surface area contributed by atoms with Gasteiger partial charge in [0.15, 0.2) is 0 Å². The third-order valence-corrected chi connectivity index (χ3v) is 4.16. The molecule has 6 nitrogen and oxygen atoms in total. The Kier molecular flexibility index (Phi) is 5.35. The smallest absolute Gasteiger partial charge is 0.319 e. The molecule has 2 aromatic carbocycles. The zero-order chi connectivity index (χ0) is 19.4. The van der Waals surface area contributed by atoms with Crippen molar-refractivity contribution in [2.75, 3.05) is 11.9 Å². The summed E-state index contributed by atoms with van der Waals surface area (Å²) >= 11 is 0. The Morgan fingerprint density at radius 2 is 1.74 bits per heavy atom. The van der Waals surface area contributed by atoms with Gasteiger partial charge in [0.2, 0.25) is 0 Å². The minimum Gasteiger partial charge on any atom is -0.493 e. The predicted molar refractivity (Wildman–Crippen MR) is 105 cm³/mol. The van der Waals surface area contributed by atoms with E-state index in [1.807, 2.05) is 45.0 Å². The van der Waals surface area contributed by atoms with Gasteiger partial charge in [-0.3, -0.25) is 4.79 Å². The highest BCUT2D eigenvalue weighted by Crippen LogP contribution is 2.31. The molecule has 1 aliphatic heterocycles. The summed E-state index contributed by atoms with van der Waals surface area (Å²) < 4.78 is 5.61. The maximum Gasteiger partial charge on any atom is 0.319 e. The van der Waals surface area contributed by atoms with Crippen LogP contribution in [0.4, 0.5) is 10.5 Å². The first-order chi connectivity index (χ1) is 12.8. The highest BCUT2D eigenvalue weighted by Gasteiger charge is 2.22. The number of ether oxygens (including phenoxy) is 1. The minimum atomic E-state index is -0.298. The summed E-state index contributed by atoms with van der Waals surface area (Å²) in [6.07, 6.45) is 0.719. The molecular weight excluding hydrogens is 342 g/mol. The Labute approximate surface area is 159 Å². The van der Waals surface area contributed by atoms with E-state index in [0.717, 1.165) is 17.7 Å². The van der Waals surface area contributed by atoms with Gasteiger partial charge in [0.05, 0.1) is 12.6 Å². The molecule has 0 spiro atoms. The van der Waals surface area contributed by atoms with Gasteiger partial charge in [-0.15, -0.1) is 0 Å². The van der Waals surface area contributed by atoms with E-state index in [1.54, 1.807) is 24.3 Å². The lowest BCUT2D eigenvalue weighted by Crippen LogP contribution is -2.40. The molecule has 0 radical (unpaired) electrons. The van der Waals surface area contributed by atoms with Crippen LogP contribution < -0.4 is 20.7 Å². The molecule has 2 aromatic rings. The van der Waals surface area contributed by atoms with Crippen LogP contribution in [0.3, 0.4) is 0 Å². The van der Waals surface area contributed by atoms with E-state index in [1.165, 1.54) is 0 Å². The van der Waals surface area contributed by atoms with Crippen LogP contribution in [0, 0.1) is 0 Å². The number of rotatable bonds is 3. The number of hydrogen-bond donors (Lipinski definition) is 3. The summed E-state index contributed by atoms with van der Waals surface area (Å²) in [5, 5.41) is 8.70. The molecule has 1 heterocycles. The Morgan fingerprint density at radius 1 is 1.04 bits per heavy atom. The van der Waals surface area contributed by atoms with Gasteiger partial charge in [0.1, 0.15) is 5.75 Å². The fourth-order valence-electron chi connectivity index (χ4n) is 2.94. The molecule has 3 amide bonds. The Morgan fingerprint density at radius 3 is 2.44 bits per heavy atom. The molecule has 0 bridgehead atoms. The summed E-state index contributed by atoms with van der Waals surface area (Å²) in [4.78, 5) is 24.5. The van der Waals surface area contributed by atoms with Crippen LogP contribution in [0.15, 0.2) is 48.5 Å². The maximum absolute atomic E-state index is 12.4. The minimum absolute atomic E-state index is 0.0909. The summed E-state index contributed by atoms with van der Waals surface area (Å²) in [6, 6.07) is 14.2. The molecule has 1 atom stereocenters. The summed E-state index contributed by atoms with van der Waals surface area (Å²) in [7, 11) is 0. The first kappa shape index (κ1) is 18.8. The third kappa shape index (κ3) is 5.00. The molecule has 1 unspecified atom stereocenters. The monoisotopic (exact) mass is 367 g/mol. The van der Waals surface area contributed by atoms with E-state index in [4.69, 9.17) is 4.74 Å². The number of carbonyl (C=O) groups is 2. The van der Waals surface area contributed by atoms with Crippen molar-refractivity contribution in [3.05, 3.63) is 59.7 Å². The lowest BCUT2D eigenvalue weighted by atomic mass is 10.0. The quantitative estimate of drug-likeness (QED) is 0.771. The van der Waals surface area contributed by atoms with Crippen LogP contribution in [0.2, 0.25) is 0 Å². The topological polar surface area (TPSA) is 79.5 Å². The van der Waals surface area contributed by atoms with Gasteiger partial charge >= 0.3 is 6.03 Å². The number of urea groups is 1. The summed E-state index contributed by atoms with van der Waals surface area (Å²) in [5.74, 6) is 0.667. The molecule has 3 N–H and O–H groups in total. The molecule has 27 heavy (non-hydrogen) atoms. The average Bonchev–Trinajstić information content (AvgIpc) is 2.61. The van der Waals surface area contributed by atoms with Crippen molar-refractivity contribution in [1.82, 2.24) is 10.6 Å². The van der Waals surface area contributed by atoms with Gasteiger partial charge in [-0.2, -0.15) is 0 Å². The second-order valence-electron chi connectivity index (χ2n) is 7.61. The molecule has 3 rings (SSSR count). The standard InChI is InChI=1S/C21H25N3O3/c1-21(2,3)24-19(25)14-8-10-15(11-9-14)22-20(26)23-17-12-13-27-18-7-5-4-6-16(17)18/h4-11,17H,12-13H2,1-3H3,(H,24,25)(H2,22,23,26). The van der Waals surface area contributed by atoms with Gasteiger partial charge in [0.25, 0.3) is 5.91 Å². The average molecular weight is 367 g/mol. The largest absolute Gasteiger partial charge is 0.493 e. The molecule has 0 saturated carbocycles. The normalized spacial score (nSPS) is 15.9. The number of anilines is 1. The predicted octanol–water partition coefficient (Wildman–Crippen LogP) is 3.86. The molecule has 0 saturated heterocycles. The van der Waals surface area contributed by atoms with E-state index < -0.39 is 0 Å². The van der Waals surface area contributed by atoms with Gasteiger partial charge in [0, 0.05) is 28.8 Å². The van der Waals surface area contributed by atoms with Crippen molar-refractivity contribution < 1.29 is 14.3 Å². The highest BCUT2D eigenvalue weighted by atomic mass is 16.5. The molecule has 0 aliphatic carbocycles. The van der Waals surface area contributed by atoms with Gasteiger partial charge in [-0.25, -0.2) is 4.79 Å². The fourth-order valence-corrected chi connectivity index (χ4v) is 2.94. The number of carbonyl (C=O) groups excluding carboxylic acids is 2. The number of amides is 3. The molecular formula is C21H25N3O3. The lowest BCUT2D eigenvalue weighted by molar-refractivity contribution is 0.0919. The first-order valence-electron chi connectivity index (χ1n) is 9.04. The van der Waals surface area contributed by atoms with Gasteiger partial charge in [-0.05, 0) is 51.1 Å². The van der Waals surface area contributed by atoms with Crippen molar-refractivity contribution in [3.8, 4) is 5.75 Å². The van der Waals surface area contributed by atoms with Crippen LogP contribution in [-0.4, -0.2) is 24.1 Å². The lowest BCUT2D eigenvalue weighted by Gasteiger charge is -2.26. The zero-order valence-corrected chi connectivity index (χ0v) is 15.8. The molecule has 0 aromatic heterocycles. The molecule has 0 fully saturated rings. The van der Waals surface area contributed by atoms with Crippen molar-refractivity contribution in [2.24, 2.45) is 0 Å². The van der Waals surface area contributed by atoms with Crippen molar-refractivity contribution in [3.63, 3.8) is 0 Å². The molecule has 6 heteroatoms. The van der Waals surface area contributed by atoms with Crippen LogP contribution in [0.1, 0.15) is 49.2 Å². The number of fused-ring (bicyclic) bond motifs is 1. The van der Waals surface area contributed by atoms with Crippen LogP contribution >= 0.6 is 0 Å². The highest BCUT2D eigenvalue weighted by molar-refractivity contribution is 5.96. The first-order valence-corrected chi connectivity index (χ1v) is 9.04. The number of nitrogens with one attached hydrogen (secondary N) is 3. The summed E-state index contributed by atoms with van der Waals surface area (Å²) in [6.45, 7) is 6.36. The van der Waals surface area contributed by atoms with Crippen LogP contribution in [0.25, 0.3) is 0 Å². The van der Waals surface area contributed by atoms with E-state index in [2.05, 4.69) is 16.0 Å². The zero-order valence-electron chi connectivity index (χ0n) is 15.8. The van der Waals surface area contributed by atoms with Gasteiger partial charge < -0.3 is 20.7 Å². The molecule has 142 valence electrons. The van der Waals surface area contributed by atoms with Crippen molar-refractivity contribution in [2.45, 2.75) is 38.8 Å². The third-order valence-electron chi connectivity index (χ3n) is 4.16. The van der Waals surface area contributed by atoms with E-state index in [0.29, 0.717) is 17.9 Å². The Bertz CT molecular complexity index is 825. The van der Waals surface area contributed by atoms with E-state index >= 15 is 0 Å². The summed E-state index contributed by atoms with van der Waals surface area (Å²) in [5.41, 5.74) is 1.86. The van der Waals surface area contributed by atoms with Crippen LogP contribution in [-0.2, 0) is 0 Å². The van der Waals surface area contributed by atoms with Crippen LogP contribution in [0.5, 0.6) is 5.75 Å². The number of para-hydroxylation sites is 1. The second-order valence-corrected chi connectivity index (χ2v) is 7.61. The molecule has 1 aliphatic rings. The Balaban J connectivity index is 1.60.